The van der Waals surface area contributed by atoms with E-state index in [0.717, 1.165) is 12.1 Å². The van der Waals surface area contributed by atoms with Gasteiger partial charge < -0.3 is 15.0 Å². The van der Waals surface area contributed by atoms with Gasteiger partial charge in [0.25, 0.3) is 11.6 Å². The number of amides is 1. The van der Waals surface area contributed by atoms with Gasteiger partial charge in [-0.1, -0.05) is 0 Å². The van der Waals surface area contributed by atoms with Crippen LogP contribution in [0.25, 0.3) is 0 Å². The molecule has 1 amide bonds. The number of rotatable bonds is 11. The average molecular weight is 496 g/mol. The fourth-order valence-corrected chi connectivity index (χ4v) is 4.03. The molecule has 15 heteroatoms. The van der Waals surface area contributed by atoms with E-state index in [-0.39, 0.29) is 11.6 Å². The summed E-state index contributed by atoms with van der Waals surface area (Å²) in [4.78, 5) is 34.5. The highest BCUT2D eigenvalue weighted by molar-refractivity contribution is 7.89. The number of hydrogen-bond acceptors (Lipinski definition) is 8. The van der Waals surface area contributed by atoms with Gasteiger partial charge in [-0.25, -0.2) is 8.42 Å². The molecule has 1 unspecified atom stereocenters. The Labute approximate surface area is 187 Å². The van der Waals surface area contributed by atoms with E-state index in [2.05, 4.69) is 10.1 Å². The van der Waals surface area contributed by atoms with Crippen molar-refractivity contribution in [1.82, 2.24) is 9.62 Å². The van der Waals surface area contributed by atoms with Gasteiger partial charge in [-0.2, -0.15) is 17.9 Å². The number of carbonyl (C=O) groups is 2. The second-order valence-electron chi connectivity index (χ2n) is 7.39. The van der Waals surface area contributed by atoms with Gasteiger partial charge in [0.1, 0.15) is 18.8 Å². The number of esters is 1. The van der Waals surface area contributed by atoms with E-state index in [4.69, 9.17) is 0 Å². The SMILES string of the molecule is CNc1ccc(S(=O)(=O)NCC(=O)OCC(=O)N(CC(F)(F)F)C(C)C2CC2)cc1[N+](=O)[O-]. The lowest BCUT2D eigenvalue weighted by Gasteiger charge is -2.30. The Morgan fingerprint density at radius 3 is 2.48 bits per heavy atom. The first-order valence-corrected chi connectivity index (χ1v) is 11.2. The number of carbonyl (C=O) groups excluding carboxylic acids is 2. The normalized spacial score (nSPS) is 14.9. The predicted octanol–water partition coefficient (Wildman–Crippen LogP) is 1.65. The minimum Gasteiger partial charge on any atom is -0.455 e. The number of sulfonamides is 1. The van der Waals surface area contributed by atoms with Crippen molar-refractivity contribution in [2.45, 2.75) is 36.9 Å². The molecule has 1 atom stereocenters. The second-order valence-corrected chi connectivity index (χ2v) is 9.15. The maximum absolute atomic E-state index is 12.8. The van der Waals surface area contributed by atoms with Crippen molar-refractivity contribution in [2.24, 2.45) is 5.92 Å². The summed E-state index contributed by atoms with van der Waals surface area (Å²) in [6, 6.07) is 2.34. The lowest BCUT2D eigenvalue weighted by atomic mass is 10.2. The summed E-state index contributed by atoms with van der Waals surface area (Å²) in [6.45, 7) is -1.93. The van der Waals surface area contributed by atoms with Gasteiger partial charge in [-0.05, 0) is 37.8 Å². The summed E-state index contributed by atoms with van der Waals surface area (Å²) < 4.78 is 69.6. The lowest BCUT2D eigenvalue weighted by Crippen LogP contribution is -2.47. The van der Waals surface area contributed by atoms with Crippen LogP contribution < -0.4 is 10.0 Å². The maximum Gasteiger partial charge on any atom is 0.406 e. The molecule has 1 aromatic rings. The van der Waals surface area contributed by atoms with E-state index in [1.54, 1.807) is 0 Å². The van der Waals surface area contributed by atoms with Crippen molar-refractivity contribution < 1.29 is 40.8 Å². The summed E-state index contributed by atoms with van der Waals surface area (Å²) >= 11 is 0. The molecule has 2 rings (SSSR count). The summed E-state index contributed by atoms with van der Waals surface area (Å²) in [5.74, 6) is -2.32. The smallest absolute Gasteiger partial charge is 0.406 e. The molecular formula is C18H23F3N4O7S. The molecule has 184 valence electrons. The van der Waals surface area contributed by atoms with E-state index in [1.807, 2.05) is 4.72 Å². The quantitative estimate of drug-likeness (QED) is 0.267. The number of anilines is 1. The number of hydrogen-bond donors (Lipinski definition) is 2. The summed E-state index contributed by atoms with van der Waals surface area (Å²) in [5, 5.41) is 13.6. The molecule has 1 aliphatic rings. The molecule has 2 N–H and O–H groups in total. The highest BCUT2D eigenvalue weighted by Crippen LogP contribution is 2.36. The zero-order valence-corrected chi connectivity index (χ0v) is 18.5. The first-order valence-electron chi connectivity index (χ1n) is 9.73. The fraction of sp³-hybridized carbons (Fsp3) is 0.556. The molecule has 33 heavy (non-hydrogen) atoms. The van der Waals surface area contributed by atoms with Crippen molar-refractivity contribution >= 4 is 33.3 Å². The van der Waals surface area contributed by atoms with E-state index >= 15 is 0 Å². The topological polar surface area (TPSA) is 148 Å². The molecule has 1 aromatic carbocycles. The zero-order valence-electron chi connectivity index (χ0n) is 17.7. The van der Waals surface area contributed by atoms with Gasteiger partial charge in [0, 0.05) is 19.2 Å². The van der Waals surface area contributed by atoms with E-state index in [1.165, 1.54) is 20.0 Å². The van der Waals surface area contributed by atoms with Crippen molar-refractivity contribution in [1.29, 1.82) is 0 Å². The van der Waals surface area contributed by atoms with Crippen LogP contribution >= 0.6 is 0 Å². The van der Waals surface area contributed by atoms with Crippen LogP contribution in [0.2, 0.25) is 0 Å². The van der Waals surface area contributed by atoms with Crippen LogP contribution in [0.1, 0.15) is 19.8 Å². The van der Waals surface area contributed by atoms with Gasteiger partial charge in [-0.3, -0.25) is 19.7 Å². The van der Waals surface area contributed by atoms with Gasteiger partial charge in [0.2, 0.25) is 10.0 Å². The van der Waals surface area contributed by atoms with Crippen LogP contribution in [0, 0.1) is 16.0 Å². The van der Waals surface area contributed by atoms with Crippen molar-refractivity contribution in [2.75, 3.05) is 32.1 Å². The fourth-order valence-electron chi connectivity index (χ4n) is 3.04. The molecule has 1 aliphatic carbocycles. The minimum atomic E-state index is -4.64. The molecule has 1 fully saturated rings. The number of nitro groups is 1. The summed E-state index contributed by atoms with van der Waals surface area (Å²) in [5.41, 5.74) is -0.441. The van der Waals surface area contributed by atoms with Crippen LogP contribution in [0.3, 0.4) is 0 Å². The number of nitrogens with one attached hydrogen (secondary N) is 2. The van der Waals surface area contributed by atoms with Gasteiger partial charge in [-0.15, -0.1) is 0 Å². The Kier molecular flexibility index (Phi) is 8.24. The third kappa shape index (κ3) is 7.56. The third-order valence-electron chi connectivity index (χ3n) is 4.97. The zero-order chi connectivity index (χ0) is 25.0. The Morgan fingerprint density at radius 1 is 1.33 bits per heavy atom. The van der Waals surface area contributed by atoms with Crippen molar-refractivity contribution in [3.05, 3.63) is 28.3 Å². The number of alkyl halides is 3. The van der Waals surface area contributed by atoms with Crippen molar-refractivity contribution in [3.63, 3.8) is 0 Å². The van der Waals surface area contributed by atoms with Gasteiger partial charge in [0.05, 0.1) is 9.82 Å². The Hall–Kier alpha value is -2.94. The van der Waals surface area contributed by atoms with E-state index < -0.39 is 69.3 Å². The molecule has 0 saturated heterocycles. The van der Waals surface area contributed by atoms with Crippen LogP contribution in [0.4, 0.5) is 24.5 Å². The minimum absolute atomic E-state index is 0.0582. The summed E-state index contributed by atoms with van der Waals surface area (Å²) in [6.07, 6.45) is -3.25. The van der Waals surface area contributed by atoms with Crippen LogP contribution in [-0.4, -0.2) is 69.1 Å². The Morgan fingerprint density at radius 2 is 1.97 bits per heavy atom. The molecular weight excluding hydrogens is 473 g/mol. The number of nitrogens with zero attached hydrogens (tertiary/aromatic N) is 2. The van der Waals surface area contributed by atoms with E-state index in [0.29, 0.717) is 17.7 Å². The first kappa shape index (κ1) is 26.3. The second kappa shape index (κ2) is 10.3. The maximum atomic E-state index is 12.8. The molecule has 0 aromatic heterocycles. The summed E-state index contributed by atoms with van der Waals surface area (Å²) in [7, 11) is -2.95. The molecule has 0 aliphatic heterocycles. The van der Waals surface area contributed by atoms with Gasteiger partial charge >= 0.3 is 12.1 Å². The molecule has 0 radical (unpaired) electrons. The standard InChI is InChI=1S/C18H23F3N4O7S/c1-11(12-3-4-12)24(10-18(19,20)21)16(26)9-32-17(27)8-23-33(30,31)13-5-6-14(22-2)15(7-13)25(28)29/h5-7,11-12,22-23H,3-4,8-10H2,1-2H3. The Bertz CT molecular complexity index is 1010. The average Bonchev–Trinajstić information content (AvgIpc) is 3.58. The highest BCUT2D eigenvalue weighted by atomic mass is 32.2. The van der Waals surface area contributed by atoms with Crippen LogP contribution in [0.15, 0.2) is 23.1 Å². The largest absolute Gasteiger partial charge is 0.455 e. The predicted molar refractivity (Wildman–Crippen MR) is 109 cm³/mol. The first-order chi connectivity index (χ1) is 15.2. The molecule has 0 spiro atoms. The highest BCUT2D eigenvalue weighted by Gasteiger charge is 2.40. The molecule has 0 bridgehead atoms. The number of benzene rings is 1. The van der Waals surface area contributed by atoms with Gasteiger partial charge in [0.15, 0.2) is 6.61 Å². The third-order valence-corrected chi connectivity index (χ3v) is 6.37. The molecule has 1 saturated carbocycles. The molecule has 0 heterocycles. The number of nitro benzene ring substituents is 1. The van der Waals surface area contributed by atoms with E-state index in [9.17, 15) is 41.3 Å². The molecule has 11 nitrogen and oxygen atoms in total. The van der Waals surface area contributed by atoms with Crippen LogP contribution in [-0.2, 0) is 24.3 Å². The lowest BCUT2D eigenvalue weighted by molar-refractivity contribution is -0.384. The number of ether oxygens (including phenoxy) is 1. The Balaban J connectivity index is 1.96. The van der Waals surface area contributed by atoms with Crippen molar-refractivity contribution in [3.8, 4) is 0 Å². The van der Waals surface area contributed by atoms with Crippen LogP contribution in [0.5, 0.6) is 0 Å². The number of halogens is 3. The monoisotopic (exact) mass is 496 g/mol.